The van der Waals surface area contributed by atoms with Gasteiger partial charge in [0.25, 0.3) is 5.91 Å². The van der Waals surface area contributed by atoms with Crippen LogP contribution in [0.15, 0.2) is 24.3 Å². The summed E-state index contributed by atoms with van der Waals surface area (Å²) < 4.78 is 0. The van der Waals surface area contributed by atoms with Gasteiger partial charge < -0.3 is 26.3 Å². The van der Waals surface area contributed by atoms with Crippen LogP contribution >= 0.6 is 11.6 Å². The van der Waals surface area contributed by atoms with Gasteiger partial charge in [0.1, 0.15) is 17.8 Å². The van der Waals surface area contributed by atoms with Crippen molar-refractivity contribution in [3.8, 4) is 0 Å². The lowest BCUT2D eigenvalue weighted by Gasteiger charge is -2.32. The number of carbonyl (C=O) groups is 4. The molecule has 1 unspecified atom stereocenters. The monoisotopic (exact) mass is 541 g/mol. The molecule has 1 aliphatic carbocycles. The number of fused-ring (bicyclic) bond motifs is 1. The van der Waals surface area contributed by atoms with E-state index in [2.05, 4.69) is 15.6 Å². The number of nitrogens with two attached hydrogens (primary N) is 1. The molecule has 2 aromatic rings. The highest BCUT2D eigenvalue weighted by atomic mass is 35.5. The molecule has 5 N–H and O–H groups in total. The van der Waals surface area contributed by atoms with Crippen molar-refractivity contribution in [2.24, 2.45) is 17.1 Å². The number of likely N-dealkylation sites (tertiary alicyclic amines) is 1. The van der Waals surface area contributed by atoms with E-state index in [-0.39, 0.29) is 29.2 Å². The third kappa shape index (κ3) is 5.25. The lowest BCUT2D eigenvalue weighted by molar-refractivity contribution is -0.131. The molecule has 4 amide bonds. The molecular formula is C28H36ClN5O4. The number of aromatic nitrogens is 1. The summed E-state index contributed by atoms with van der Waals surface area (Å²) in [7, 11) is 0. The average molecular weight is 542 g/mol. The molecule has 0 bridgehead atoms. The van der Waals surface area contributed by atoms with E-state index in [1.165, 1.54) is 0 Å². The van der Waals surface area contributed by atoms with E-state index in [9.17, 15) is 19.2 Å². The number of rotatable bonds is 6. The zero-order chi connectivity index (χ0) is 27.2. The molecule has 0 radical (unpaired) electrons. The smallest absolute Gasteiger partial charge is 0.271 e. The van der Waals surface area contributed by atoms with Crippen LogP contribution in [0.2, 0.25) is 5.02 Å². The highest BCUT2D eigenvalue weighted by Gasteiger charge is 2.50. The molecule has 3 heterocycles. The fourth-order valence-electron chi connectivity index (χ4n) is 6.72. The molecule has 1 saturated carbocycles. The van der Waals surface area contributed by atoms with Crippen molar-refractivity contribution >= 4 is 46.1 Å². The Hall–Kier alpha value is -3.07. The third-order valence-electron chi connectivity index (χ3n) is 8.57. The number of nitrogens with one attached hydrogen (secondary N) is 3. The van der Waals surface area contributed by atoms with Crippen LogP contribution in [0.1, 0.15) is 75.7 Å². The predicted octanol–water partition coefficient (Wildman–Crippen LogP) is 3.26. The van der Waals surface area contributed by atoms with Crippen LogP contribution in [-0.4, -0.2) is 57.7 Å². The first-order chi connectivity index (χ1) is 18.0. The second-order valence-corrected chi connectivity index (χ2v) is 12.5. The zero-order valence-corrected chi connectivity index (χ0v) is 22.7. The van der Waals surface area contributed by atoms with E-state index >= 15 is 0 Å². The van der Waals surface area contributed by atoms with Crippen LogP contribution in [0.4, 0.5) is 0 Å². The van der Waals surface area contributed by atoms with Gasteiger partial charge in [-0.25, -0.2) is 0 Å². The summed E-state index contributed by atoms with van der Waals surface area (Å²) in [5.74, 6) is -1.92. The lowest BCUT2D eigenvalue weighted by atomic mass is 9.72. The number of H-pyrrole nitrogens is 1. The minimum absolute atomic E-state index is 0.122. The molecule has 9 nitrogen and oxygen atoms in total. The summed E-state index contributed by atoms with van der Waals surface area (Å²) in [6.45, 7) is 4.33. The molecule has 2 saturated heterocycles. The van der Waals surface area contributed by atoms with Gasteiger partial charge >= 0.3 is 0 Å². The number of nitrogens with zero attached hydrogens (tertiary/aromatic N) is 1. The molecule has 3 atom stereocenters. The Kier molecular flexibility index (Phi) is 6.92. The first-order valence-corrected chi connectivity index (χ1v) is 13.8. The average Bonchev–Trinajstić information content (AvgIpc) is 3.51. The van der Waals surface area contributed by atoms with Crippen LogP contribution in [-0.2, 0) is 14.4 Å². The summed E-state index contributed by atoms with van der Waals surface area (Å²) in [6, 6.07) is 5.43. The van der Waals surface area contributed by atoms with Crippen molar-refractivity contribution < 1.29 is 19.2 Å². The maximum atomic E-state index is 13.8. The van der Waals surface area contributed by atoms with Gasteiger partial charge in [0.2, 0.25) is 17.7 Å². The molecule has 3 fully saturated rings. The summed E-state index contributed by atoms with van der Waals surface area (Å²) in [4.78, 5) is 57.1. The Morgan fingerprint density at radius 3 is 2.55 bits per heavy atom. The van der Waals surface area contributed by atoms with Crippen LogP contribution < -0.4 is 16.4 Å². The van der Waals surface area contributed by atoms with Crippen LogP contribution in [0.3, 0.4) is 0 Å². The van der Waals surface area contributed by atoms with E-state index in [1.54, 1.807) is 23.1 Å². The molecule has 1 aromatic carbocycles. The van der Waals surface area contributed by atoms with Gasteiger partial charge in [0, 0.05) is 33.9 Å². The van der Waals surface area contributed by atoms with Crippen molar-refractivity contribution in [1.29, 1.82) is 0 Å². The van der Waals surface area contributed by atoms with Gasteiger partial charge in [0.15, 0.2) is 0 Å². The molecular weight excluding hydrogens is 506 g/mol. The van der Waals surface area contributed by atoms with Crippen LogP contribution in [0, 0.1) is 11.3 Å². The summed E-state index contributed by atoms with van der Waals surface area (Å²) >= 11 is 6.13. The van der Waals surface area contributed by atoms with Crippen molar-refractivity contribution in [3.05, 3.63) is 35.0 Å². The zero-order valence-electron chi connectivity index (χ0n) is 21.9. The van der Waals surface area contributed by atoms with E-state index < -0.39 is 29.8 Å². The molecule has 2 aliphatic heterocycles. The molecule has 204 valence electrons. The highest BCUT2D eigenvalue weighted by molar-refractivity contribution is 6.31. The maximum Gasteiger partial charge on any atom is 0.271 e. The van der Waals surface area contributed by atoms with Crippen molar-refractivity contribution in [3.63, 3.8) is 0 Å². The van der Waals surface area contributed by atoms with Crippen LogP contribution in [0.5, 0.6) is 0 Å². The maximum absolute atomic E-state index is 13.8. The van der Waals surface area contributed by atoms with Gasteiger partial charge in [-0.3, -0.25) is 19.2 Å². The molecule has 3 aliphatic rings. The molecule has 1 aromatic heterocycles. The van der Waals surface area contributed by atoms with E-state index in [0.717, 1.165) is 43.0 Å². The minimum atomic E-state index is -0.998. The second-order valence-electron chi connectivity index (χ2n) is 12.1. The molecule has 5 rings (SSSR count). The Balaban J connectivity index is 1.38. The number of hydrogen-bond acceptors (Lipinski definition) is 4. The molecule has 38 heavy (non-hydrogen) atoms. The quantitative estimate of drug-likeness (QED) is 0.446. The molecule has 1 spiro atoms. The fourth-order valence-corrected chi connectivity index (χ4v) is 6.89. The van der Waals surface area contributed by atoms with Crippen molar-refractivity contribution in [1.82, 2.24) is 20.5 Å². The van der Waals surface area contributed by atoms with E-state index in [1.807, 2.05) is 19.9 Å². The number of amides is 4. The fraction of sp³-hybridized carbons (Fsp3) is 0.571. The number of benzene rings is 1. The Morgan fingerprint density at radius 1 is 1.16 bits per heavy atom. The van der Waals surface area contributed by atoms with Gasteiger partial charge in [-0.2, -0.15) is 0 Å². The van der Waals surface area contributed by atoms with Gasteiger partial charge in [-0.1, -0.05) is 36.9 Å². The number of carbonyl (C=O) groups excluding carboxylic acids is 4. The largest absolute Gasteiger partial charge is 0.368 e. The number of hydrogen-bond donors (Lipinski definition) is 4. The van der Waals surface area contributed by atoms with Gasteiger partial charge in [0.05, 0.1) is 0 Å². The summed E-state index contributed by atoms with van der Waals surface area (Å²) in [5.41, 5.74) is 6.32. The number of primary amides is 1. The Labute approximate surface area is 227 Å². The first-order valence-electron chi connectivity index (χ1n) is 13.5. The van der Waals surface area contributed by atoms with E-state index in [4.69, 9.17) is 17.3 Å². The van der Waals surface area contributed by atoms with Gasteiger partial charge in [-0.05, 0) is 69.6 Å². The topological polar surface area (TPSA) is 137 Å². The van der Waals surface area contributed by atoms with Gasteiger partial charge in [-0.15, -0.1) is 0 Å². The lowest BCUT2D eigenvalue weighted by Crippen LogP contribution is -2.53. The Bertz CT molecular complexity index is 1280. The van der Waals surface area contributed by atoms with Crippen molar-refractivity contribution in [2.75, 3.05) is 6.54 Å². The van der Waals surface area contributed by atoms with Crippen LogP contribution in [0.25, 0.3) is 10.9 Å². The van der Waals surface area contributed by atoms with E-state index in [0.29, 0.717) is 30.1 Å². The minimum Gasteiger partial charge on any atom is -0.368 e. The second kappa shape index (κ2) is 9.91. The standard InChI is InChI=1S/C28H36ClN5O4/c1-27(2)13-17(24(36)33-27)11-20(23(30)35)32-25(37)22-14-28(8-4-3-5-9-28)15-34(22)26(38)21-10-16-6-7-18(29)12-19(16)31-21/h6-7,10,12,17,20,22,31H,3-5,8-9,11,13-15H2,1-2H3,(H2,30,35)(H,32,37)(H,33,36)/t17-,20?,22+/m1/s1. The summed E-state index contributed by atoms with van der Waals surface area (Å²) in [5, 5.41) is 7.15. The number of aromatic amines is 1. The predicted molar refractivity (Wildman–Crippen MR) is 144 cm³/mol. The molecule has 10 heteroatoms. The normalized spacial score (nSPS) is 24.9. The summed E-state index contributed by atoms with van der Waals surface area (Å²) in [6.07, 6.45) is 6.42. The highest BCUT2D eigenvalue weighted by Crippen LogP contribution is 2.46. The number of halogens is 1. The first kappa shape index (κ1) is 26.5. The van der Waals surface area contributed by atoms with Crippen molar-refractivity contribution in [2.45, 2.75) is 82.8 Å². The third-order valence-corrected chi connectivity index (χ3v) is 8.81. The SMILES string of the molecule is CC1(C)C[C@@H](CC(NC(=O)[C@@H]2CC3(CCCCC3)CN2C(=O)c2cc3ccc(Cl)cc3[nH]2)C(N)=O)C(=O)N1. The Morgan fingerprint density at radius 2 is 1.89 bits per heavy atom.